The number of hydrogen-bond donors (Lipinski definition) is 1. The van der Waals surface area contributed by atoms with Crippen LogP contribution in [0.25, 0.3) is 0 Å². The van der Waals surface area contributed by atoms with Gasteiger partial charge in [0.25, 0.3) is 10.0 Å². The molecule has 0 aromatic carbocycles. The predicted octanol–water partition coefficient (Wildman–Crippen LogP) is 1.08. The molecule has 1 N–H and O–H groups in total. The lowest BCUT2D eigenvalue weighted by Crippen LogP contribution is -2.42. The van der Waals surface area contributed by atoms with E-state index in [9.17, 15) is 13.2 Å². The third kappa shape index (κ3) is 3.68. The van der Waals surface area contributed by atoms with Crippen LogP contribution in [0.15, 0.2) is 21.6 Å². The Morgan fingerprint density at radius 1 is 1.50 bits per heavy atom. The van der Waals surface area contributed by atoms with E-state index in [-0.39, 0.29) is 23.4 Å². The lowest BCUT2D eigenvalue weighted by molar-refractivity contribution is 0.0483. The molecule has 8 heteroatoms. The molecular formula is C14H22N2O5S. The van der Waals surface area contributed by atoms with E-state index in [1.165, 1.54) is 16.4 Å². The zero-order valence-corrected chi connectivity index (χ0v) is 13.7. The maximum absolute atomic E-state index is 12.6. The largest absolute Gasteiger partial charge is 0.460 e. The van der Waals surface area contributed by atoms with E-state index in [4.69, 9.17) is 9.15 Å². The Kier molecular flexibility index (Phi) is 5.60. The fourth-order valence-corrected chi connectivity index (χ4v) is 4.06. The number of carbonyl (C=O) groups excluding carboxylic acids is 1. The zero-order valence-electron chi connectivity index (χ0n) is 12.9. The molecule has 2 heterocycles. The van der Waals surface area contributed by atoms with Gasteiger partial charge in [0.15, 0.2) is 0 Å². The molecule has 0 radical (unpaired) electrons. The van der Waals surface area contributed by atoms with Crippen LogP contribution >= 0.6 is 0 Å². The third-order valence-corrected chi connectivity index (χ3v) is 5.37. The minimum Gasteiger partial charge on any atom is -0.460 e. The second-order valence-corrected chi connectivity index (χ2v) is 7.14. The first-order valence-corrected chi connectivity index (χ1v) is 8.84. The molecule has 1 aromatic rings. The highest BCUT2D eigenvalue weighted by atomic mass is 32.2. The second kappa shape index (κ2) is 7.26. The Labute approximate surface area is 130 Å². The highest BCUT2D eigenvalue weighted by Crippen LogP contribution is 2.25. The molecule has 0 aliphatic carbocycles. The average molecular weight is 330 g/mol. The summed E-state index contributed by atoms with van der Waals surface area (Å²) in [6, 6.07) is 2.64. The van der Waals surface area contributed by atoms with Crippen molar-refractivity contribution in [2.24, 2.45) is 5.92 Å². The van der Waals surface area contributed by atoms with E-state index in [1.54, 1.807) is 6.92 Å². The van der Waals surface area contributed by atoms with Crippen molar-refractivity contribution in [2.45, 2.75) is 24.9 Å². The number of nitrogens with zero attached hydrogens (tertiary/aromatic N) is 1. The summed E-state index contributed by atoms with van der Waals surface area (Å²) in [5, 5.41) is 2.87. The van der Waals surface area contributed by atoms with Crippen LogP contribution in [0.4, 0.5) is 0 Å². The van der Waals surface area contributed by atoms with Crippen molar-refractivity contribution in [3.8, 4) is 0 Å². The molecule has 1 unspecified atom stereocenters. The van der Waals surface area contributed by atoms with Crippen LogP contribution in [-0.4, -0.2) is 52.0 Å². The van der Waals surface area contributed by atoms with E-state index in [0.717, 1.165) is 19.4 Å². The first kappa shape index (κ1) is 17.0. The maximum atomic E-state index is 12.6. The monoisotopic (exact) mass is 330 g/mol. The van der Waals surface area contributed by atoms with E-state index in [2.05, 4.69) is 5.32 Å². The number of furan rings is 1. The van der Waals surface area contributed by atoms with Crippen molar-refractivity contribution >= 4 is 16.0 Å². The van der Waals surface area contributed by atoms with Crippen molar-refractivity contribution in [3.63, 3.8) is 0 Å². The normalized spacial score (nSPS) is 20.0. The van der Waals surface area contributed by atoms with Crippen LogP contribution in [0.2, 0.25) is 0 Å². The second-order valence-electron chi connectivity index (χ2n) is 5.27. The molecule has 1 atom stereocenters. The quantitative estimate of drug-likeness (QED) is 0.785. The molecule has 2 rings (SSSR count). The Morgan fingerprint density at radius 2 is 2.27 bits per heavy atom. The summed E-state index contributed by atoms with van der Waals surface area (Å²) in [5.41, 5.74) is 0. The van der Waals surface area contributed by atoms with Crippen LogP contribution < -0.4 is 5.32 Å². The number of piperidine rings is 1. The van der Waals surface area contributed by atoms with Gasteiger partial charge in [0, 0.05) is 13.1 Å². The van der Waals surface area contributed by atoms with Gasteiger partial charge in [-0.15, -0.1) is 0 Å². The summed E-state index contributed by atoms with van der Waals surface area (Å²) in [6.45, 7) is 3.59. The number of rotatable bonds is 6. The topological polar surface area (TPSA) is 88.9 Å². The standard InChI is InChI=1S/C14H22N2O5S/c1-3-20-14(17)12-6-7-13(21-12)22(18,19)16-8-4-5-11(10-16)9-15-2/h6-7,11,15H,3-5,8-10H2,1-2H3. The van der Waals surface area contributed by atoms with Gasteiger partial charge >= 0.3 is 5.97 Å². The molecule has 1 aliphatic rings. The summed E-state index contributed by atoms with van der Waals surface area (Å²) in [6.07, 6.45) is 1.82. The number of sulfonamides is 1. The molecule has 0 spiro atoms. The van der Waals surface area contributed by atoms with Crippen molar-refractivity contribution in [1.29, 1.82) is 0 Å². The number of nitrogens with one attached hydrogen (secondary N) is 1. The molecule has 1 saturated heterocycles. The van der Waals surface area contributed by atoms with Crippen molar-refractivity contribution in [3.05, 3.63) is 17.9 Å². The number of hydrogen-bond acceptors (Lipinski definition) is 6. The number of esters is 1. The van der Waals surface area contributed by atoms with Crippen LogP contribution in [0.5, 0.6) is 0 Å². The minimum atomic E-state index is -3.71. The van der Waals surface area contributed by atoms with Gasteiger partial charge in [-0.05, 0) is 51.4 Å². The fraction of sp³-hybridized carbons (Fsp3) is 0.643. The van der Waals surface area contributed by atoms with Gasteiger partial charge in [-0.2, -0.15) is 4.31 Å². The first-order valence-electron chi connectivity index (χ1n) is 7.40. The molecule has 0 saturated carbocycles. The van der Waals surface area contributed by atoms with Crippen molar-refractivity contribution in [1.82, 2.24) is 9.62 Å². The Bertz CT molecular complexity index is 609. The number of carbonyl (C=O) groups is 1. The van der Waals surface area contributed by atoms with Gasteiger partial charge in [0.1, 0.15) is 0 Å². The SMILES string of the molecule is CCOC(=O)c1ccc(S(=O)(=O)N2CCCC(CNC)C2)o1. The lowest BCUT2D eigenvalue weighted by Gasteiger charge is -2.31. The molecule has 124 valence electrons. The Balaban J connectivity index is 2.14. The summed E-state index contributed by atoms with van der Waals surface area (Å²) in [4.78, 5) is 11.6. The highest BCUT2D eigenvalue weighted by molar-refractivity contribution is 7.89. The maximum Gasteiger partial charge on any atom is 0.374 e. The predicted molar refractivity (Wildman–Crippen MR) is 80.1 cm³/mol. The molecule has 22 heavy (non-hydrogen) atoms. The van der Waals surface area contributed by atoms with E-state index >= 15 is 0 Å². The molecule has 1 fully saturated rings. The van der Waals surface area contributed by atoms with Crippen molar-refractivity contribution < 1.29 is 22.4 Å². The molecule has 1 aliphatic heterocycles. The van der Waals surface area contributed by atoms with Gasteiger partial charge in [-0.1, -0.05) is 0 Å². The minimum absolute atomic E-state index is 0.0933. The smallest absolute Gasteiger partial charge is 0.374 e. The summed E-state index contributed by atoms with van der Waals surface area (Å²) in [5.74, 6) is -0.465. The molecule has 0 bridgehead atoms. The number of ether oxygens (including phenoxy) is 1. The van der Waals surface area contributed by atoms with Gasteiger partial charge in [-0.3, -0.25) is 0 Å². The lowest BCUT2D eigenvalue weighted by atomic mass is 10.00. The van der Waals surface area contributed by atoms with Gasteiger partial charge in [0.05, 0.1) is 6.61 Å². The van der Waals surface area contributed by atoms with Crippen LogP contribution in [0.1, 0.15) is 30.3 Å². The molecular weight excluding hydrogens is 308 g/mol. The van der Waals surface area contributed by atoms with E-state index in [1.807, 2.05) is 7.05 Å². The van der Waals surface area contributed by atoms with Gasteiger partial charge in [0.2, 0.25) is 10.9 Å². The fourth-order valence-electron chi connectivity index (χ4n) is 2.60. The third-order valence-electron chi connectivity index (χ3n) is 3.63. The Hall–Kier alpha value is -1.38. The summed E-state index contributed by atoms with van der Waals surface area (Å²) >= 11 is 0. The van der Waals surface area contributed by atoms with Gasteiger partial charge in [-0.25, -0.2) is 13.2 Å². The van der Waals surface area contributed by atoms with Crippen molar-refractivity contribution in [2.75, 3.05) is 33.3 Å². The van der Waals surface area contributed by atoms with Crippen LogP contribution in [-0.2, 0) is 14.8 Å². The summed E-state index contributed by atoms with van der Waals surface area (Å²) < 4.78 is 36.6. The van der Waals surface area contributed by atoms with E-state index < -0.39 is 16.0 Å². The Morgan fingerprint density at radius 3 is 2.95 bits per heavy atom. The first-order chi connectivity index (χ1) is 10.5. The van der Waals surface area contributed by atoms with E-state index in [0.29, 0.717) is 13.1 Å². The van der Waals surface area contributed by atoms with Gasteiger partial charge < -0.3 is 14.5 Å². The van der Waals surface area contributed by atoms with Crippen LogP contribution in [0, 0.1) is 5.92 Å². The molecule has 0 amide bonds. The molecule has 7 nitrogen and oxygen atoms in total. The average Bonchev–Trinajstić information content (AvgIpc) is 2.99. The highest BCUT2D eigenvalue weighted by Gasteiger charge is 2.32. The van der Waals surface area contributed by atoms with Crippen LogP contribution in [0.3, 0.4) is 0 Å². The summed E-state index contributed by atoms with van der Waals surface area (Å²) in [7, 11) is -1.86. The molecule has 1 aromatic heterocycles. The zero-order chi connectivity index (χ0) is 16.2.